The van der Waals surface area contributed by atoms with Gasteiger partial charge in [-0.05, 0) is 36.2 Å². The van der Waals surface area contributed by atoms with Gasteiger partial charge >= 0.3 is 10.1 Å². The Bertz CT molecular complexity index is 1290. The Labute approximate surface area is 222 Å². The second-order valence-electron chi connectivity index (χ2n) is 8.28. The maximum atomic E-state index is 11.2. The second-order valence-corrected chi connectivity index (χ2v) is 11.0. The summed E-state index contributed by atoms with van der Waals surface area (Å²) < 4.78 is 32.3. The molecular formula is C26H31ClN4O3S2. The predicted octanol–water partition coefficient (Wildman–Crippen LogP) is 4.54. The second kappa shape index (κ2) is 13.1. The molecule has 2 aromatic heterocycles. The van der Waals surface area contributed by atoms with Gasteiger partial charge in [0.1, 0.15) is 10.0 Å². The third-order valence-corrected chi connectivity index (χ3v) is 8.33. The van der Waals surface area contributed by atoms with Gasteiger partial charge in [-0.1, -0.05) is 60.7 Å². The normalized spacial score (nSPS) is 13.7. The van der Waals surface area contributed by atoms with E-state index in [1.807, 2.05) is 12.1 Å². The molecule has 0 atom stereocenters. The molecule has 10 heteroatoms. The zero-order valence-electron chi connectivity index (χ0n) is 19.8. The van der Waals surface area contributed by atoms with Gasteiger partial charge in [-0.2, -0.15) is 8.42 Å². The van der Waals surface area contributed by atoms with E-state index in [1.54, 1.807) is 12.3 Å². The highest BCUT2D eigenvalue weighted by molar-refractivity contribution is 7.88. The lowest BCUT2D eigenvalue weighted by Gasteiger charge is -2.28. The van der Waals surface area contributed by atoms with E-state index in [9.17, 15) is 8.42 Å². The van der Waals surface area contributed by atoms with Crippen LogP contribution in [0.1, 0.15) is 23.5 Å². The molecule has 1 saturated heterocycles. The number of pyridine rings is 1. The Morgan fingerprint density at radius 2 is 1.58 bits per heavy atom. The van der Waals surface area contributed by atoms with Crippen molar-refractivity contribution >= 4 is 49.8 Å². The van der Waals surface area contributed by atoms with Crippen LogP contribution >= 0.6 is 23.7 Å². The Balaban J connectivity index is 0.000000198. The molecular weight excluding hydrogens is 516 g/mol. The number of nitrogens with zero attached hydrogens (tertiary/aromatic N) is 2. The summed E-state index contributed by atoms with van der Waals surface area (Å²) in [7, 11) is -4.15. The van der Waals surface area contributed by atoms with Crippen LogP contribution in [-0.4, -0.2) is 50.7 Å². The SMILES string of the molecule is Cl.NCCC(c1ccccc1)c1ccccc1.O=S(=O)(O)c1cc2c(N3CCNCC3)nccc2s1. The number of benzene rings is 2. The van der Waals surface area contributed by atoms with Crippen molar-refractivity contribution in [2.45, 2.75) is 16.5 Å². The van der Waals surface area contributed by atoms with Crippen LogP contribution in [0.2, 0.25) is 0 Å². The van der Waals surface area contributed by atoms with E-state index in [1.165, 1.54) is 17.2 Å². The van der Waals surface area contributed by atoms with Gasteiger partial charge in [-0.25, -0.2) is 4.98 Å². The van der Waals surface area contributed by atoms with Crippen molar-refractivity contribution in [2.24, 2.45) is 5.73 Å². The first-order valence-corrected chi connectivity index (χ1v) is 13.8. The number of hydrogen-bond donors (Lipinski definition) is 3. The number of thiophene rings is 1. The van der Waals surface area contributed by atoms with Gasteiger partial charge in [0.05, 0.1) is 0 Å². The largest absolute Gasteiger partial charge is 0.354 e. The molecule has 4 N–H and O–H groups in total. The standard InChI is InChI=1S/C15H17N.C11H13N3O3S2.ClH/c16-12-11-15(13-7-3-1-4-8-13)14-9-5-2-6-10-14;15-19(16,17)10-7-8-9(18-10)1-2-13-11(8)14-5-3-12-4-6-14;/h1-10,15H,11-12,16H2;1-2,7,12H,3-6H2,(H,15,16,17);1H. The number of halogens is 1. The van der Waals surface area contributed by atoms with Crippen LogP contribution < -0.4 is 16.0 Å². The zero-order valence-corrected chi connectivity index (χ0v) is 22.2. The summed E-state index contributed by atoms with van der Waals surface area (Å²) in [5.74, 6) is 1.21. The summed E-state index contributed by atoms with van der Waals surface area (Å²) in [6.07, 6.45) is 2.66. The summed E-state index contributed by atoms with van der Waals surface area (Å²) in [6, 6.07) is 24.4. The molecule has 36 heavy (non-hydrogen) atoms. The lowest BCUT2D eigenvalue weighted by atomic mass is 9.89. The number of rotatable bonds is 6. The summed E-state index contributed by atoms with van der Waals surface area (Å²) >= 11 is 1.06. The Morgan fingerprint density at radius 3 is 2.11 bits per heavy atom. The highest BCUT2D eigenvalue weighted by atomic mass is 35.5. The Morgan fingerprint density at radius 1 is 1.00 bits per heavy atom. The fourth-order valence-corrected chi connectivity index (χ4v) is 5.98. The third kappa shape index (κ3) is 7.03. The van der Waals surface area contributed by atoms with E-state index in [4.69, 9.17) is 10.3 Å². The zero-order chi connectivity index (χ0) is 24.7. The lowest BCUT2D eigenvalue weighted by molar-refractivity contribution is 0.485. The van der Waals surface area contributed by atoms with Crippen LogP contribution in [-0.2, 0) is 10.1 Å². The minimum Gasteiger partial charge on any atom is -0.354 e. The topological polar surface area (TPSA) is 109 Å². The van der Waals surface area contributed by atoms with E-state index in [0.29, 0.717) is 12.5 Å². The highest BCUT2D eigenvalue weighted by Gasteiger charge is 2.19. The van der Waals surface area contributed by atoms with Crippen LogP contribution in [0.3, 0.4) is 0 Å². The molecule has 4 aromatic rings. The summed E-state index contributed by atoms with van der Waals surface area (Å²) in [5.41, 5.74) is 8.40. The molecule has 2 aromatic carbocycles. The van der Waals surface area contributed by atoms with Gasteiger partial charge < -0.3 is 16.0 Å². The lowest BCUT2D eigenvalue weighted by Crippen LogP contribution is -2.43. The first-order chi connectivity index (χ1) is 17.0. The molecule has 0 spiro atoms. The molecule has 1 fully saturated rings. The van der Waals surface area contributed by atoms with Gasteiger partial charge in [0, 0.05) is 48.4 Å². The minimum atomic E-state index is -4.15. The average Bonchev–Trinajstić information content (AvgIpc) is 3.35. The molecule has 0 bridgehead atoms. The predicted molar refractivity (Wildman–Crippen MR) is 150 cm³/mol. The first-order valence-electron chi connectivity index (χ1n) is 11.6. The molecule has 3 heterocycles. The van der Waals surface area contributed by atoms with Gasteiger partial charge in [0.2, 0.25) is 0 Å². The number of aromatic nitrogens is 1. The van der Waals surface area contributed by atoms with Crippen LogP contribution in [0.4, 0.5) is 5.82 Å². The number of piperazine rings is 1. The fraction of sp³-hybridized carbons (Fsp3) is 0.269. The minimum absolute atomic E-state index is 0. The van der Waals surface area contributed by atoms with Crippen LogP contribution in [0.15, 0.2) is 83.2 Å². The van der Waals surface area contributed by atoms with Crippen molar-refractivity contribution < 1.29 is 13.0 Å². The van der Waals surface area contributed by atoms with Gasteiger partial charge in [-0.15, -0.1) is 23.7 Å². The molecule has 0 saturated carbocycles. The van der Waals surface area contributed by atoms with Crippen molar-refractivity contribution in [3.63, 3.8) is 0 Å². The number of anilines is 1. The summed E-state index contributed by atoms with van der Waals surface area (Å²) in [4.78, 5) is 6.48. The fourth-order valence-electron chi connectivity index (χ4n) is 4.24. The van der Waals surface area contributed by atoms with E-state index in [0.717, 1.165) is 59.8 Å². The number of nitrogens with one attached hydrogen (secondary N) is 1. The third-order valence-electron chi connectivity index (χ3n) is 5.93. The molecule has 0 aliphatic carbocycles. The number of hydrogen-bond acceptors (Lipinski definition) is 7. The van der Waals surface area contributed by atoms with Crippen LogP contribution in [0, 0.1) is 0 Å². The Kier molecular flexibility index (Phi) is 10.2. The average molecular weight is 547 g/mol. The van der Waals surface area contributed by atoms with E-state index in [-0.39, 0.29) is 16.6 Å². The molecule has 1 aliphatic heterocycles. The summed E-state index contributed by atoms with van der Waals surface area (Å²) in [6.45, 7) is 4.15. The maximum Gasteiger partial charge on any atom is 0.304 e. The van der Waals surface area contributed by atoms with Crippen molar-refractivity contribution in [1.29, 1.82) is 0 Å². The quantitative estimate of drug-likeness (QED) is 0.305. The first kappa shape index (κ1) is 28.0. The van der Waals surface area contributed by atoms with E-state index < -0.39 is 10.1 Å². The number of fused-ring (bicyclic) bond motifs is 1. The van der Waals surface area contributed by atoms with Gasteiger partial charge in [0.25, 0.3) is 0 Å². The molecule has 7 nitrogen and oxygen atoms in total. The van der Waals surface area contributed by atoms with E-state index in [2.05, 4.69) is 63.7 Å². The van der Waals surface area contributed by atoms with Crippen LogP contribution in [0.5, 0.6) is 0 Å². The van der Waals surface area contributed by atoms with Crippen molar-refractivity contribution in [3.8, 4) is 0 Å². The van der Waals surface area contributed by atoms with Crippen molar-refractivity contribution in [1.82, 2.24) is 10.3 Å². The smallest absolute Gasteiger partial charge is 0.304 e. The van der Waals surface area contributed by atoms with Crippen molar-refractivity contribution in [2.75, 3.05) is 37.6 Å². The maximum absolute atomic E-state index is 11.2. The molecule has 5 rings (SSSR count). The van der Waals surface area contributed by atoms with E-state index >= 15 is 0 Å². The monoisotopic (exact) mass is 546 g/mol. The molecule has 0 amide bonds. The highest BCUT2D eigenvalue weighted by Crippen LogP contribution is 2.34. The molecule has 0 radical (unpaired) electrons. The molecule has 192 valence electrons. The molecule has 0 unspecified atom stereocenters. The van der Waals surface area contributed by atoms with Gasteiger partial charge in [0.15, 0.2) is 0 Å². The van der Waals surface area contributed by atoms with Crippen molar-refractivity contribution in [3.05, 3.63) is 90.1 Å². The Hall–Kier alpha value is -2.53. The van der Waals surface area contributed by atoms with Crippen LogP contribution in [0.25, 0.3) is 10.1 Å². The molecule has 1 aliphatic rings. The summed E-state index contributed by atoms with van der Waals surface area (Å²) in [5, 5.41) is 4.04. The number of nitrogens with two attached hydrogens (primary N) is 1. The van der Waals surface area contributed by atoms with Gasteiger partial charge in [-0.3, -0.25) is 4.55 Å².